The topological polar surface area (TPSA) is 125 Å². The normalized spacial score (nSPS) is 15.5. The summed E-state index contributed by atoms with van der Waals surface area (Å²) < 4.78 is 54.9. The van der Waals surface area contributed by atoms with Gasteiger partial charge in [-0.25, -0.2) is 17.2 Å². The van der Waals surface area contributed by atoms with E-state index < -0.39 is 56.6 Å². The number of sulfone groups is 1. The number of rotatable bonds is 19. The first kappa shape index (κ1) is 35.6. The van der Waals surface area contributed by atoms with Gasteiger partial charge in [0.2, 0.25) is 11.8 Å². The predicted molar refractivity (Wildman–Crippen MR) is 168 cm³/mol. The van der Waals surface area contributed by atoms with Crippen LogP contribution in [0.15, 0.2) is 42.5 Å². The summed E-state index contributed by atoms with van der Waals surface area (Å²) in [5.74, 6) is -3.60. The summed E-state index contributed by atoms with van der Waals surface area (Å²) in [4.78, 5) is 26.4. The second-order valence-electron chi connectivity index (χ2n) is 11.8. The van der Waals surface area contributed by atoms with Gasteiger partial charge in [0, 0.05) is 25.1 Å². The number of amides is 2. The molecule has 1 fully saturated rings. The number of carbonyl (C=O) groups is 2. The van der Waals surface area contributed by atoms with E-state index in [4.69, 9.17) is 0 Å². The first-order valence-electron chi connectivity index (χ1n) is 15.7. The van der Waals surface area contributed by atoms with Crippen molar-refractivity contribution in [3.8, 4) is 0 Å². The smallest absolute Gasteiger partial charge is 0.243 e. The van der Waals surface area contributed by atoms with Gasteiger partial charge in [-0.2, -0.15) is 0 Å². The summed E-state index contributed by atoms with van der Waals surface area (Å²) in [7, 11) is -3.77. The van der Waals surface area contributed by atoms with E-state index in [0.29, 0.717) is 45.1 Å². The van der Waals surface area contributed by atoms with Gasteiger partial charge in [-0.1, -0.05) is 57.9 Å². The van der Waals surface area contributed by atoms with Crippen LogP contribution in [0.2, 0.25) is 0 Å². The van der Waals surface area contributed by atoms with Gasteiger partial charge in [0.05, 0.1) is 23.1 Å². The van der Waals surface area contributed by atoms with Crippen LogP contribution in [-0.4, -0.2) is 61.1 Å². The standard InChI is InChI=1S/C33H47F2N3O5S/c1-4-8-28(9-5-2)44(42,43)21-30(38-32(40)25-12-13-25)33(41)37-29(17-24-15-26(34)18-27(35)16-24)31(39)20-36-19-23-11-7-10-22(6-3)14-23/h7,10-11,14-16,18,25,28-31,36,39H,4-6,8-9,12-13,17,19-21H2,1-3H3,(H,37,41)(H,38,40)/t29-,30+,31+/m0/s1. The minimum Gasteiger partial charge on any atom is -0.390 e. The van der Waals surface area contributed by atoms with E-state index in [9.17, 15) is 31.9 Å². The average Bonchev–Trinajstić information content (AvgIpc) is 3.82. The van der Waals surface area contributed by atoms with E-state index in [2.05, 4.69) is 22.9 Å². The zero-order valence-corrected chi connectivity index (χ0v) is 26.8. The van der Waals surface area contributed by atoms with Gasteiger partial charge in [-0.05, 0) is 67.3 Å². The molecule has 0 aliphatic heterocycles. The maximum atomic E-state index is 14.0. The molecule has 1 aliphatic carbocycles. The van der Waals surface area contributed by atoms with Crippen LogP contribution >= 0.6 is 0 Å². The highest BCUT2D eigenvalue weighted by Crippen LogP contribution is 2.29. The Morgan fingerprint density at radius 1 is 0.932 bits per heavy atom. The van der Waals surface area contributed by atoms with Crippen LogP contribution in [-0.2, 0) is 38.8 Å². The minimum absolute atomic E-state index is 0.0333. The van der Waals surface area contributed by atoms with Gasteiger partial charge in [0.1, 0.15) is 17.7 Å². The molecule has 0 spiro atoms. The molecule has 2 aromatic carbocycles. The second kappa shape index (κ2) is 17.0. The number of benzene rings is 2. The molecule has 244 valence electrons. The summed E-state index contributed by atoms with van der Waals surface area (Å²) >= 11 is 0. The van der Waals surface area contributed by atoms with Crippen LogP contribution in [0.3, 0.4) is 0 Å². The fourth-order valence-corrected chi connectivity index (χ4v) is 7.51. The van der Waals surface area contributed by atoms with E-state index >= 15 is 0 Å². The predicted octanol–water partition coefficient (Wildman–Crippen LogP) is 3.98. The number of hydrogen-bond donors (Lipinski definition) is 4. The van der Waals surface area contributed by atoms with Crippen molar-refractivity contribution in [2.45, 2.75) is 102 Å². The highest BCUT2D eigenvalue weighted by Gasteiger charge is 2.37. The Morgan fingerprint density at radius 3 is 2.16 bits per heavy atom. The average molecular weight is 636 g/mol. The third-order valence-electron chi connectivity index (χ3n) is 7.96. The van der Waals surface area contributed by atoms with E-state index in [1.54, 1.807) is 0 Å². The number of carbonyl (C=O) groups excluding carboxylic acids is 2. The van der Waals surface area contributed by atoms with Crippen molar-refractivity contribution in [1.29, 1.82) is 0 Å². The Bertz CT molecular complexity index is 1330. The largest absolute Gasteiger partial charge is 0.390 e. The molecule has 2 amide bonds. The molecule has 1 aliphatic rings. The van der Waals surface area contributed by atoms with Crippen LogP contribution in [0.4, 0.5) is 8.78 Å². The molecule has 0 bridgehead atoms. The summed E-state index contributed by atoms with van der Waals surface area (Å²) in [6.07, 6.45) is 3.08. The lowest BCUT2D eigenvalue weighted by molar-refractivity contribution is -0.129. The quantitative estimate of drug-likeness (QED) is 0.185. The Hall–Kier alpha value is -2.89. The lowest BCUT2D eigenvalue weighted by Gasteiger charge is -2.28. The SMILES string of the molecule is CCCC(CCC)S(=O)(=O)C[C@@H](NC(=O)C1CC1)C(=O)N[C@@H](Cc1cc(F)cc(F)c1)[C@H](O)CNCc1cccc(CC)c1. The molecule has 4 N–H and O–H groups in total. The van der Waals surface area contributed by atoms with Crippen molar-refractivity contribution in [2.24, 2.45) is 5.92 Å². The molecule has 0 radical (unpaired) electrons. The molecule has 11 heteroatoms. The van der Waals surface area contributed by atoms with Crippen molar-refractivity contribution in [2.75, 3.05) is 12.3 Å². The Balaban J connectivity index is 1.81. The van der Waals surface area contributed by atoms with Crippen LogP contribution in [0.1, 0.15) is 76.0 Å². The summed E-state index contributed by atoms with van der Waals surface area (Å²) in [5, 5.41) is 19.1. The highest BCUT2D eigenvalue weighted by molar-refractivity contribution is 7.92. The first-order valence-corrected chi connectivity index (χ1v) is 17.4. The molecular weight excluding hydrogens is 588 g/mol. The van der Waals surface area contributed by atoms with Crippen molar-refractivity contribution in [1.82, 2.24) is 16.0 Å². The molecule has 0 saturated heterocycles. The Kier molecular flexibility index (Phi) is 13.7. The maximum Gasteiger partial charge on any atom is 0.243 e. The fraction of sp³-hybridized carbons (Fsp3) is 0.576. The molecule has 2 aromatic rings. The van der Waals surface area contributed by atoms with E-state index in [1.807, 2.05) is 38.1 Å². The van der Waals surface area contributed by atoms with Crippen molar-refractivity contribution in [3.63, 3.8) is 0 Å². The number of aliphatic hydroxyl groups excluding tert-OH is 1. The zero-order chi connectivity index (χ0) is 32.3. The number of aliphatic hydroxyl groups is 1. The lowest BCUT2D eigenvalue weighted by Crippen LogP contribution is -2.57. The third kappa shape index (κ3) is 11.2. The van der Waals surface area contributed by atoms with E-state index in [1.165, 1.54) is 0 Å². The van der Waals surface area contributed by atoms with Gasteiger partial charge in [0.25, 0.3) is 0 Å². The van der Waals surface area contributed by atoms with Crippen LogP contribution in [0.25, 0.3) is 0 Å². The molecule has 3 rings (SSSR count). The van der Waals surface area contributed by atoms with Gasteiger partial charge < -0.3 is 21.1 Å². The Labute approximate surface area is 260 Å². The van der Waals surface area contributed by atoms with Crippen LogP contribution in [0.5, 0.6) is 0 Å². The molecule has 0 heterocycles. The summed E-state index contributed by atoms with van der Waals surface area (Å²) in [6, 6.07) is 8.52. The molecule has 8 nitrogen and oxygen atoms in total. The number of aryl methyl sites for hydroxylation is 1. The van der Waals surface area contributed by atoms with Gasteiger partial charge in [0.15, 0.2) is 9.84 Å². The van der Waals surface area contributed by atoms with E-state index in [-0.39, 0.29) is 30.4 Å². The summed E-state index contributed by atoms with van der Waals surface area (Å²) in [6.45, 7) is 6.32. The lowest BCUT2D eigenvalue weighted by atomic mass is 10.00. The van der Waals surface area contributed by atoms with Gasteiger partial charge in [-0.3, -0.25) is 9.59 Å². The van der Waals surface area contributed by atoms with Crippen molar-refractivity contribution >= 4 is 21.7 Å². The number of hydrogen-bond acceptors (Lipinski definition) is 6. The van der Waals surface area contributed by atoms with Crippen LogP contribution in [0, 0.1) is 17.6 Å². The molecule has 1 saturated carbocycles. The molecule has 0 unspecified atom stereocenters. The summed E-state index contributed by atoms with van der Waals surface area (Å²) in [5.41, 5.74) is 2.38. The third-order valence-corrected chi connectivity index (χ3v) is 10.2. The highest BCUT2D eigenvalue weighted by atomic mass is 32.2. The second-order valence-corrected chi connectivity index (χ2v) is 14.2. The first-order chi connectivity index (χ1) is 20.9. The van der Waals surface area contributed by atoms with Crippen molar-refractivity contribution < 1.29 is 31.9 Å². The molecular formula is C33H47F2N3O5S. The fourth-order valence-electron chi connectivity index (χ4n) is 5.35. The monoisotopic (exact) mass is 635 g/mol. The van der Waals surface area contributed by atoms with Gasteiger partial charge in [-0.15, -0.1) is 0 Å². The maximum absolute atomic E-state index is 14.0. The number of halogens is 2. The van der Waals surface area contributed by atoms with Crippen molar-refractivity contribution in [3.05, 3.63) is 70.8 Å². The molecule has 3 atom stereocenters. The zero-order valence-electron chi connectivity index (χ0n) is 26.0. The molecule has 44 heavy (non-hydrogen) atoms. The van der Waals surface area contributed by atoms with Crippen LogP contribution < -0.4 is 16.0 Å². The molecule has 0 aromatic heterocycles. The number of nitrogens with one attached hydrogen (secondary N) is 3. The minimum atomic E-state index is -3.77. The van der Waals surface area contributed by atoms with Gasteiger partial charge >= 0.3 is 0 Å². The van der Waals surface area contributed by atoms with E-state index in [0.717, 1.165) is 35.7 Å². The Morgan fingerprint density at radius 2 is 1.57 bits per heavy atom.